The highest BCUT2D eigenvalue weighted by Crippen LogP contribution is 2.33. The van der Waals surface area contributed by atoms with Gasteiger partial charge in [-0.05, 0) is 30.3 Å². The molecule has 25 heavy (non-hydrogen) atoms. The normalized spacial score (nSPS) is 11.4. The molecule has 0 saturated carbocycles. The van der Waals surface area contributed by atoms with Gasteiger partial charge in [-0.3, -0.25) is 4.79 Å². The highest BCUT2D eigenvalue weighted by Gasteiger charge is 2.35. The van der Waals surface area contributed by atoms with Crippen molar-refractivity contribution in [2.24, 2.45) is 0 Å². The molecular weight excluding hydrogens is 338 g/mol. The lowest BCUT2D eigenvalue weighted by molar-refractivity contribution is -0.138. The molecule has 0 aliphatic rings. The first-order valence-electron chi connectivity index (χ1n) is 7.14. The van der Waals surface area contributed by atoms with E-state index in [1.165, 1.54) is 16.9 Å². The number of nitrogens with one attached hydrogen (secondary N) is 1. The second kappa shape index (κ2) is 6.39. The Morgan fingerprint density at radius 3 is 2.44 bits per heavy atom. The van der Waals surface area contributed by atoms with E-state index in [1.807, 2.05) is 0 Å². The van der Waals surface area contributed by atoms with E-state index in [0.717, 1.165) is 12.1 Å². The maximum Gasteiger partial charge on any atom is 0.417 e. The number of hydrogen-bond acceptors (Lipinski definition) is 2. The van der Waals surface area contributed by atoms with Crippen LogP contribution >= 0.6 is 0 Å². The molecule has 0 fully saturated rings. The topological polar surface area (TPSA) is 46.9 Å². The lowest BCUT2D eigenvalue weighted by Crippen LogP contribution is -2.20. The van der Waals surface area contributed by atoms with E-state index in [9.17, 15) is 22.4 Å². The summed E-state index contributed by atoms with van der Waals surface area (Å²) in [4.78, 5) is 12.3. The maximum atomic E-state index is 13.2. The van der Waals surface area contributed by atoms with E-state index in [4.69, 9.17) is 0 Å². The average Bonchev–Trinajstić information content (AvgIpc) is 3.02. The fourth-order valence-electron chi connectivity index (χ4n) is 2.31. The SMILES string of the molecule is O=C(Nc1ccnn1-c1ccccc1)c1ccc(F)cc1C(F)(F)F. The molecule has 0 aliphatic carbocycles. The number of para-hydroxylation sites is 1. The van der Waals surface area contributed by atoms with Gasteiger partial charge in [0.05, 0.1) is 23.0 Å². The summed E-state index contributed by atoms with van der Waals surface area (Å²) in [7, 11) is 0. The van der Waals surface area contributed by atoms with Gasteiger partial charge < -0.3 is 5.32 Å². The summed E-state index contributed by atoms with van der Waals surface area (Å²) < 4.78 is 53.7. The zero-order chi connectivity index (χ0) is 18.0. The molecule has 0 saturated heterocycles. The number of alkyl halides is 3. The standard InChI is InChI=1S/C17H11F4N3O/c18-11-6-7-13(14(10-11)17(19,20)21)16(25)23-15-8-9-22-24(15)12-4-2-1-3-5-12/h1-10H,(H,23,25). The van der Waals surface area contributed by atoms with Gasteiger partial charge in [0.2, 0.25) is 0 Å². The molecule has 0 spiro atoms. The molecule has 1 N–H and O–H groups in total. The summed E-state index contributed by atoms with van der Waals surface area (Å²) in [5.41, 5.74) is -1.39. The van der Waals surface area contributed by atoms with Crippen LogP contribution in [-0.4, -0.2) is 15.7 Å². The van der Waals surface area contributed by atoms with Gasteiger partial charge in [-0.15, -0.1) is 0 Å². The summed E-state index contributed by atoms with van der Waals surface area (Å²) in [5.74, 6) is -1.89. The molecule has 3 aromatic rings. The van der Waals surface area contributed by atoms with Crippen molar-refractivity contribution in [1.29, 1.82) is 0 Å². The van der Waals surface area contributed by atoms with Crippen LogP contribution in [0.1, 0.15) is 15.9 Å². The number of amides is 1. The summed E-state index contributed by atoms with van der Waals surface area (Å²) in [6.45, 7) is 0. The van der Waals surface area contributed by atoms with E-state index in [-0.39, 0.29) is 5.82 Å². The van der Waals surface area contributed by atoms with E-state index < -0.39 is 29.0 Å². The summed E-state index contributed by atoms with van der Waals surface area (Å²) in [6.07, 6.45) is -3.45. The molecular formula is C17H11F4N3O. The summed E-state index contributed by atoms with van der Waals surface area (Å²) >= 11 is 0. The smallest absolute Gasteiger partial charge is 0.306 e. The van der Waals surface area contributed by atoms with Crippen LogP contribution in [0.25, 0.3) is 5.69 Å². The zero-order valence-corrected chi connectivity index (χ0v) is 12.6. The van der Waals surface area contributed by atoms with Gasteiger partial charge in [0.25, 0.3) is 5.91 Å². The zero-order valence-electron chi connectivity index (χ0n) is 12.6. The van der Waals surface area contributed by atoms with Crippen molar-refractivity contribution in [3.8, 4) is 5.69 Å². The van der Waals surface area contributed by atoms with Gasteiger partial charge in [0, 0.05) is 6.07 Å². The molecule has 1 aromatic heterocycles. The van der Waals surface area contributed by atoms with E-state index in [2.05, 4.69) is 10.4 Å². The van der Waals surface area contributed by atoms with E-state index >= 15 is 0 Å². The van der Waals surface area contributed by atoms with Crippen LogP contribution in [0.4, 0.5) is 23.4 Å². The van der Waals surface area contributed by atoms with Crippen molar-refractivity contribution in [2.75, 3.05) is 5.32 Å². The minimum atomic E-state index is -4.85. The second-order valence-electron chi connectivity index (χ2n) is 5.11. The van der Waals surface area contributed by atoms with Gasteiger partial charge in [-0.25, -0.2) is 9.07 Å². The molecule has 8 heteroatoms. The number of rotatable bonds is 3. The Bertz CT molecular complexity index is 904. The third-order valence-electron chi connectivity index (χ3n) is 3.42. The molecule has 3 rings (SSSR count). The number of benzene rings is 2. The minimum absolute atomic E-state index is 0.189. The molecule has 4 nitrogen and oxygen atoms in total. The highest BCUT2D eigenvalue weighted by molar-refractivity contribution is 6.05. The van der Waals surface area contributed by atoms with E-state index in [1.54, 1.807) is 30.3 Å². The van der Waals surface area contributed by atoms with E-state index in [0.29, 0.717) is 11.8 Å². The van der Waals surface area contributed by atoms with Crippen molar-refractivity contribution < 1.29 is 22.4 Å². The minimum Gasteiger partial charge on any atom is -0.306 e. The van der Waals surface area contributed by atoms with Gasteiger partial charge in [-0.2, -0.15) is 18.3 Å². The van der Waals surface area contributed by atoms with Gasteiger partial charge in [0.15, 0.2) is 0 Å². The number of hydrogen-bond donors (Lipinski definition) is 1. The number of carbonyl (C=O) groups is 1. The highest BCUT2D eigenvalue weighted by atomic mass is 19.4. The summed E-state index contributed by atoms with van der Waals surface area (Å²) in [5, 5.41) is 6.41. The molecule has 0 radical (unpaired) electrons. The van der Waals surface area contributed by atoms with Crippen LogP contribution in [0.5, 0.6) is 0 Å². The Labute approximate surface area is 139 Å². The molecule has 128 valence electrons. The first-order valence-corrected chi connectivity index (χ1v) is 7.14. The lowest BCUT2D eigenvalue weighted by Gasteiger charge is -2.13. The second-order valence-corrected chi connectivity index (χ2v) is 5.11. The van der Waals surface area contributed by atoms with Crippen LogP contribution in [0.3, 0.4) is 0 Å². The van der Waals surface area contributed by atoms with Crippen LogP contribution in [0, 0.1) is 5.82 Å². The van der Waals surface area contributed by atoms with Crippen molar-refractivity contribution in [3.63, 3.8) is 0 Å². The third-order valence-corrected chi connectivity index (χ3v) is 3.42. The Hall–Kier alpha value is -3.16. The number of aromatic nitrogens is 2. The average molecular weight is 349 g/mol. The fourth-order valence-corrected chi connectivity index (χ4v) is 2.31. The Morgan fingerprint density at radius 1 is 1.04 bits per heavy atom. The number of nitrogens with zero attached hydrogens (tertiary/aromatic N) is 2. The number of halogens is 4. The maximum absolute atomic E-state index is 13.2. The predicted molar refractivity (Wildman–Crippen MR) is 82.9 cm³/mol. The van der Waals surface area contributed by atoms with Crippen LogP contribution in [0.2, 0.25) is 0 Å². The van der Waals surface area contributed by atoms with Crippen molar-refractivity contribution in [3.05, 3.63) is 77.7 Å². The molecule has 1 amide bonds. The first kappa shape index (κ1) is 16.7. The van der Waals surface area contributed by atoms with Gasteiger partial charge >= 0.3 is 6.18 Å². The van der Waals surface area contributed by atoms with Crippen molar-refractivity contribution >= 4 is 11.7 Å². The summed E-state index contributed by atoms with van der Waals surface area (Å²) in [6, 6.07) is 12.1. The number of anilines is 1. The molecule has 1 heterocycles. The van der Waals surface area contributed by atoms with Crippen LogP contribution < -0.4 is 5.32 Å². The largest absolute Gasteiger partial charge is 0.417 e. The quantitative estimate of drug-likeness (QED) is 0.718. The van der Waals surface area contributed by atoms with Crippen molar-refractivity contribution in [2.45, 2.75) is 6.18 Å². The van der Waals surface area contributed by atoms with Gasteiger partial charge in [0.1, 0.15) is 11.6 Å². The molecule has 0 aliphatic heterocycles. The monoisotopic (exact) mass is 349 g/mol. The first-order chi connectivity index (χ1) is 11.9. The molecule has 0 bridgehead atoms. The Kier molecular flexibility index (Phi) is 4.26. The van der Waals surface area contributed by atoms with Crippen LogP contribution in [-0.2, 0) is 6.18 Å². The Morgan fingerprint density at radius 2 is 1.76 bits per heavy atom. The van der Waals surface area contributed by atoms with Gasteiger partial charge in [-0.1, -0.05) is 18.2 Å². The third kappa shape index (κ3) is 3.52. The molecule has 2 aromatic carbocycles. The van der Waals surface area contributed by atoms with Crippen LogP contribution in [0.15, 0.2) is 60.8 Å². The molecule has 0 unspecified atom stereocenters. The fraction of sp³-hybridized carbons (Fsp3) is 0.0588. The predicted octanol–water partition coefficient (Wildman–Crippen LogP) is 4.28. The molecule has 0 atom stereocenters. The van der Waals surface area contributed by atoms with Crippen molar-refractivity contribution in [1.82, 2.24) is 9.78 Å². The Balaban J connectivity index is 1.94. The number of carbonyl (C=O) groups excluding carboxylic acids is 1. The lowest BCUT2D eigenvalue weighted by atomic mass is 10.1.